The lowest BCUT2D eigenvalue weighted by atomic mass is 10.1. The van der Waals surface area contributed by atoms with Gasteiger partial charge in [0.2, 0.25) is 0 Å². The van der Waals surface area contributed by atoms with Gasteiger partial charge in [-0.3, -0.25) is 9.67 Å². The number of nitrogens with one attached hydrogen (secondary N) is 2. The van der Waals surface area contributed by atoms with Crippen LogP contribution in [0.4, 0.5) is 4.39 Å². The quantitative estimate of drug-likeness (QED) is 0.408. The molecule has 168 valence electrons. The first-order valence-corrected chi connectivity index (χ1v) is 10.7. The number of hydrogen-bond donors (Lipinski definition) is 2. The van der Waals surface area contributed by atoms with E-state index in [1.807, 2.05) is 30.7 Å². The Balaban J connectivity index is 1.46. The van der Waals surface area contributed by atoms with Crippen molar-refractivity contribution in [1.82, 2.24) is 29.8 Å². The number of nitrogens with zero attached hydrogens (tertiary/aromatic N) is 4. The van der Waals surface area contributed by atoms with E-state index in [1.165, 1.54) is 12.1 Å². The predicted molar refractivity (Wildman–Crippen MR) is 123 cm³/mol. The summed E-state index contributed by atoms with van der Waals surface area (Å²) in [5, 5.41) is 7.47. The van der Waals surface area contributed by atoms with Crippen LogP contribution in [0.2, 0.25) is 10.0 Å². The number of aromatic amines is 1. The van der Waals surface area contributed by atoms with Gasteiger partial charge in [0.25, 0.3) is 0 Å². The molecular formula is C22H17Cl2FN6O2. The van der Waals surface area contributed by atoms with E-state index < -0.39 is 17.6 Å². The molecule has 0 saturated carbocycles. The molecule has 0 aliphatic carbocycles. The fourth-order valence-electron chi connectivity index (χ4n) is 3.60. The second kappa shape index (κ2) is 8.42. The summed E-state index contributed by atoms with van der Waals surface area (Å²) in [6.07, 6.45) is 10.4. The third kappa shape index (κ3) is 3.90. The lowest BCUT2D eigenvalue weighted by Gasteiger charge is -2.17. The maximum Gasteiger partial charge on any atom is 0.360 e. The lowest BCUT2D eigenvalue weighted by molar-refractivity contribution is 0.0492. The Labute approximate surface area is 196 Å². The zero-order valence-electron chi connectivity index (χ0n) is 17.2. The summed E-state index contributed by atoms with van der Waals surface area (Å²) in [4.78, 5) is 25.6. The highest BCUT2D eigenvalue weighted by Crippen LogP contribution is 2.33. The van der Waals surface area contributed by atoms with E-state index in [0.717, 1.165) is 10.3 Å². The normalized spacial score (nSPS) is 14.5. The number of hydrogen-bond acceptors (Lipinski definition) is 5. The van der Waals surface area contributed by atoms with Crippen molar-refractivity contribution >= 4 is 34.4 Å². The van der Waals surface area contributed by atoms with Crippen molar-refractivity contribution in [3.63, 3.8) is 0 Å². The summed E-state index contributed by atoms with van der Waals surface area (Å²) in [6, 6.07) is 6.03. The monoisotopic (exact) mass is 486 g/mol. The van der Waals surface area contributed by atoms with Crippen LogP contribution >= 0.6 is 23.2 Å². The number of rotatable bonds is 5. The molecule has 0 saturated heterocycles. The van der Waals surface area contributed by atoms with Gasteiger partial charge in [0.1, 0.15) is 11.3 Å². The van der Waals surface area contributed by atoms with Gasteiger partial charge in [-0.05, 0) is 55.7 Å². The van der Waals surface area contributed by atoms with Gasteiger partial charge in [-0.2, -0.15) is 5.10 Å². The van der Waals surface area contributed by atoms with Crippen LogP contribution in [0, 0.1) is 5.82 Å². The first-order valence-electron chi connectivity index (χ1n) is 9.98. The van der Waals surface area contributed by atoms with Gasteiger partial charge in [-0.15, -0.1) is 4.73 Å². The Kier molecular flexibility index (Phi) is 5.43. The van der Waals surface area contributed by atoms with E-state index >= 15 is 0 Å². The van der Waals surface area contributed by atoms with E-state index in [1.54, 1.807) is 29.9 Å². The van der Waals surface area contributed by atoms with Crippen LogP contribution in [0.25, 0.3) is 22.4 Å². The number of halogens is 3. The van der Waals surface area contributed by atoms with Gasteiger partial charge < -0.3 is 10.2 Å². The van der Waals surface area contributed by atoms with Crippen LogP contribution in [0.3, 0.4) is 0 Å². The van der Waals surface area contributed by atoms with Crippen LogP contribution in [0.5, 0.6) is 0 Å². The van der Waals surface area contributed by atoms with Gasteiger partial charge in [0.15, 0.2) is 11.8 Å². The summed E-state index contributed by atoms with van der Waals surface area (Å²) >= 11 is 12.3. The standard InChI is InChI=1S/C22H17Cl2FN6O2/c1-12(19-15(23)2-3-16(25)20(19)24)33-31-18-5-4-17(28-21(18)29-22(31)32)13-10-27-30(11-13)14-6-8-26-9-7-14/h2-12,14,26H,1H3,(H,28,29,32). The average Bonchev–Trinajstić information content (AvgIpc) is 3.42. The fourth-order valence-corrected chi connectivity index (χ4v) is 4.28. The second-order valence-electron chi connectivity index (χ2n) is 7.38. The molecule has 1 aromatic carbocycles. The molecule has 33 heavy (non-hydrogen) atoms. The predicted octanol–water partition coefficient (Wildman–Crippen LogP) is 4.40. The van der Waals surface area contributed by atoms with E-state index in [9.17, 15) is 9.18 Å². The molecule has 0 spiro atoms. The second-order valence-corrected chi connectivity index (χ2v) is 8.16. The summed E-state index contributed by atoms with van der Waals surface area (Å²) in [5.41, 5.74) is 1.88. The molecule has 2 N–H and O–H groups in total. The van der Waals surface area contributed by atoms with Crippen LogP contribution in [-0.2, 0) is 0 Å². The van der Waals surface area contributed by atoms with Gasteiger partial charge in [0.05, 0.1) is 23.0 Å². The van der Waals surface area contributed by atoms with Gasteiger partial charge >= 0.3 is 5.69 Å². The SMILES string of the molecule is CC(On1c(=O)[nH]c2nc(-c3cnn(C4C=CNC=C4)c3)ccc21)c1c(Cl)ccc(F)c1Cl. The van der Waals surface area contributed by atoms with Crippen LogP contribution in [0.1, 0.15) is 24.6 Å². The molecule has 1 aliphatic heterocycles. The summed E-state index contributed by atoms with van der Waals surface area (Å²) in [7, 11) is 0. The third-order valence-electron chi connectivity index (χ3n) is 5.23. The fraction of sp³-hybridized carbons (Fsp3) is 0.136. The molecule has 8 nitrogen and oxygen atoms in total. The minimum Gasteiger partial charge on any atom is -0.401 e. The maximum atomic E-state index is 13.9. The smallest absolute Gasteiger partial charge is 0.360 e. The minimum absolute atomic E-state index is 0.000908. The number of benzene rings is 1. The largest absolute Gasteiger partial charge is 0.401 e. The number of pyridine rings is 1. The molecule has 1 aliphatic rings. The zero-order valence-corrected chi connectivity index (χ0v) is 18.7. The Morgan fingerprint density at radius 2 is 1.97 bits per heavy atom. The Hall–Kier alpha value is -3.56. The number of H-pyrrole nitrogens is 1. The molecule has 0 fully saturated rings. The molecule has 0 amide bonds. The summed E-state index contributed by atoms with van der Waals surface area (Å²) < 4.78 is 16.8. The van der Waals surface area contributed by atoms with E-state index in [4.69, 9.17) is 28.0 Å². The van der Waals surface area contributed by atoms with Crippen molar-refractivity contribution in [3.05, 3.63) is 93.1 Å². The number of aromatic nitrogens is 5. The van der Waals surface area contributed by atoms with Gasteiger partial charge in [-0.25, -0.2) is 14.2 Å². The van der Waals surface area contributed by atoms with Crippen molar-refractivity contribution in [1.29, 1.82) is 0 Å². The molecule has 5 rings (SSSR count). The highest BCUT2D eigenvalue weighted by molar-refractivity contribution is 6.36. The Morgan fingerprint density at radius 3 is 2.76 bits per heavy atom. The molecule has 4 heterocycles. The molecule has 0 bridgehead atoms. The molecule has 11 heteroatoms. The maximum absolute atomic E-state index is 13.9. The van der Waals surface area contributed by atoms with Gasteiger partial charge in [-0.1, -0.05) is 23.2 Å². The third-order valence-corrected chi connectivity index (χ3v) is 5.95. The molecule has 3 aromatic heterocycles. The first-order chi connectivity index (χ1) is 15.9. The van der Waals surface area contributed by atoms with Crippen molar-refractivity contribution in [2.45, 2.75) is 19.1 Å². The minimum atomic E-state index is -0.804. The highest BCUT2D eigenvalue weighted by atomic mass is 35.5. The molecule has 1 unspecified atom stereocenters. The zero-order chi connectivity index (χ0) is 23.1. The van der Waals surface area contributed by atoms with Crippen LogP contribution in [0.15, 0.2) is 66.0 Å². The van der Waals surface area contributed by atoms with Crippen molar-refractivity contribution in [2.75, 3.05) is 0 Å². The first kappa shape index (κ1) is 21.3. The molecule has 1 atom stereocenters. The average molecular weight is 487 g/mol. The van der Waals surface area contributed by atoms with Gasteiger partial charge in [0, 0.05) is 22.3 Å². The van der Waals surface area contributed by atoms with Crippen molar-refractivity contribution < 1.29 is 9.23 Å². The topological polar surface area (TPSA) is 89.8 Å². The van der Waals surface area contributed by atoms with E-state index in [0.29, 0.717) is 16.9 Å². The summed E-state index contributed by atoms with van der Waals surface area (Å²) in [5.74, 6) is -0.625. The number of dihydropyridines is 1. The van der Waals surface area contributed by atoms with E-state index in [2.05, 4.69) is 20.4 Å². The Morgan fingerprint density at radius 1 is 1.18 bits per heavy atom. The van der Waals surface area contributed by atoms with Crippen LogP contribution < -0.4 is 15.8 Å². The molecule has 0 radical (unpaired) electrons. The number of allylic oxidation sites excluding steroid dienone is 2. The molecule has 4 aromatic rings. The summed E-state index contributed by atoms with van der Waals surface area (Å²) in [6.45, 7) is 1.62. The molecular weight excluding hydrogens is 470 g/mol. The lowest BCUT2D eigenvalue weighted by Crippen LogP contribution is -2.26. The van der Waals surface area contributed by atoms with Crippen molar-refractivity contribution in [2.24, 2.45) is 0 Å². The Bertz CT molecular complexity index is 1460. The number of fused-ring (bicyclic) bond motifs is 1. The van der Waals surface area contributed by atoms with Crippen LogP contribution in [-0.4, -0.2) is 24.5 Å². The van der Waals surface area contributed by atoms with E-state index in [-0.39, 0.29) is 21.7 Å². The highest BCUT2D eigenvalue weighted by Gasteiger charge is 2.21. The number of imidazole rings is 1. The van der Waals surface area contributed by atoms with Crippen molar-refractivity contribution in [3.8, 4) is 11.3 Å².